The Labute approximate surface area is 100.0 Å². The number of fused-ring (bicyclic) bond motifs is 1. The summed E-state index contributed by atoms with van der Waals surface area (Å²) in [4.78, 5) is 24.8. The van der Waals surface area contributed by atoms with Gasteiger partial charge >= 0.3 is 0 Å². The van der Waals surface area contributed by atoms with Crippen LogP contribution in [-0.4, -0.2) is 10.1 Å². The Kier molecular flexibility index (Phi) is 2.55. The number of aromatic hydroxyl groups is 1. The van der Waals surface area contributed by atoms with Gasteiger partial charge < -0.3 is 10.1 Å². The highest BCUT2D eigenvalue weighted by Crippen LogP contribution is 2.23. The molecule has 86 valence electrons. The van der Waals surface area contributed by atoms with Crippen LogP contribution in [0.5, 0.6) is 5.75 Å². The van der Waals surface area contributed by atoms with Crippen molar-refractivity contribution in [3.8, 4) is 17.9 Å². The normalized spacial score (nSPS) is 9.67. The quantitative estimate of drug-likeness (QED) is 0.642. The predicted molar refractivity (Wildman–Crippen MR) is 61.9 cm³/mol. The SMILES string of the molecule is N#Cc1cc2[nH]c(=O)c(=O)cc(O)c2cc1C#N. The number of hydrogen-bond donors (Lipinski definition) is 2. The largest absolute Gasteiger partial charge is 0.507 e. The van der Waals surface area contributed by atoms with E-state index in [9.17, 15) is 14.7 Å². The lowest BCUT2D eigenvalue weighted by molar-refractivity contribution is 0.481. The fourth-order valence-corrected chi connectivity index (χ4v) is 1.55. The summed E-state index contributed by atoms with van der Waals surface area (Å²) < 4.78 is 0. The van der Waals surface area contributed by atoms with Gasteiger partial charge in [-0.05, 0) is 12.1 Å². The fraction of sp³-hybridized carbons (Fsp3) is 0. The Hall–Kier alpha value is -3.12. The van der Waals surface area contributed by atoms with Gasteiger partial charge in [-0.15, -0.1) is 0 Å². The molecule has 0 amide bonds. The van der Waals surface area contributed by atoms with Crippen LogP contribution in [0.2, 0.25) is 0 Å². The Morgan fingerprint density at radius 3 is 2.28 bits per heavy atom. The van der Waals surface area contributed by atoms with Gasteiger partial charge in [0.05, 0.1) is 16.6 Å². The maximum Gasteiger partial charge on any atom is 0.296 e. The molecule has 0 unspecified atom stereocenters. The Balaban J connectivity index is 3.11. The Morgan fingerprint density at radius 1 is 1.06 bits per heavy atom. The minimum absolute atomic E-state index is 0.0544. The summed E-state index contributed by atoms with van der Waals surface area (Å²) >= 11 is 0. The second kappa shape index (κ2) is 4.04. The number of aromatic amines is 1. The average molecular weight is 239 g/mol. The lowest BCUT2D eigenvalue weighted by Crippen LogP contribution is -2.22. The summed E-state index contributed by atoms with van der Waals surface area (Å²) in [6.45, 7) is 0. The van der Waals surface area contributed by atoms with Gasteiger partial charge in [0, 0.05) is 11.5 Å². The van der Waals surface area contributed by atoms with Crippen LogP contribution in [0.25, 0.3) is 10.9 Å². The van der Waals surface area contributed by atoms with Crippen LogP contribution in [0.15, 0.2) is 27.8 Å². The first-order valence-corrected chi connectivity index (χ1v) is 4.81. The summed E-state index contributed by atoms with van der Waals surface area (Å²) in [5, 5.41) is 27.5. The molecule has 0 radical (unpaired) electrons. The van der Waals surface area contributed by atoms with Crippen molar-refractivity contribution in [1.82, 2.24) is 4.98 Å². The van der Waals surface area contributed by atoms with Gasteiger partial charge in [-0.25, -0.2) is 0 Å². The van der Waals surface area contributed by atoms with Crippen molar-refractivity contribution in [2.45, 2.75) is 0 Å². The van der Waals surface area contributed by atoms with E-state index in [0.29, 0.717) is 0 Å². The van der Waals surface area contributed by atoms with Crippen molar-refractivity contribution in [3.63, 3.8) is 0 Å². The zero-order valence-corrected chi connectivity index (χ0v) is 8.89. The zero-order valence-electron chi connectivity index (χ0n) is 8.89. The number of hydrogen-bond acceptors (Lipinski definition) is 5. The van der Waals surface area contributed by atoms with E-state index < -0.39 is 16.7 Å². The molecule has 1 heterocycles. The van der Waals surface area contributed by atoms with Crippen LogP contribution in [0.3, 0.4) is 0 Å². The highest BCUT2D eigenvalue weighted by molar-refractivity contribution is 5.86. The molecule has 2 N–H and O–H groups in total. The molecular formula is C12H5N3O3. The standard InChI is InChI=1S/C12H5N3O3/c13-4-6-1-8-9(2-7(6)5-14)15-12(18)11(17)3-10(8)16/h1-3,16H,(H,15,17,18). The molecule has 6 nitrogen and oxygen atoms in total. The van der Waals surface area contributed by atoms with Crippen LogP contribution in [0.1, 0.15) is 11.1 Å². The average Bonchev–Trinajstić information content (AvgIpc) is 2.46. The van der Waals surface area contributed by atoms with Gasteiger partial charge in [-0.1, -0.05) is 0 Å². The second-order valence-electron chi connectivity index (χ2n) is 3.51. The zero-order chi connectivity index (χ0) is 13.3. The number of H-pyrrole nitrogens is 1. The molecule has 0 saturated carbocycles. The monoisotopic (exact) mass is 239 g/mol. The molecule has 6 heteroatoms. The Bertz CT molecular complexity index is 854. The highest BCUT2D eigenvalue weighted by Gasteiger charge is 2.08. The van der Waals surface area contributed by atoms with E-state index in [1.165, 1.54) is 12.1 Å². The number of nitriles is 2. The highest BCUT2D eigenvalue weighted by atomic mass is 16.3. The molecule has 0 aliphatic heterocycles. The third-order valence-corrected chi connectivity index (χ3v) is 2.41. The summed E-state index contributed by atoms with van der Waals surface area (Å²) in [5.41, 5.74) is -1.58. The lowest BCUT2D eigenvalue weighted by atomic mass is 10.1. The topological polar surface area (TPSA) is 118 Å². The molecule has 0 saturated heterocycles. The molecule has 0 atom stereocenters. The maximum atomic E-state index is 11.3. The van der Waals surface area contributed by atoms with Crippen LogP contribution >= 0.6 is 0 Å². The third kappa shape index (κ3) is 1.68. The third-order valence-electron chi connectivity index (χ3n) is 2.41. The minimum Gasteiger partial charge on any atom is -0.507 e. The van der Waals surface area contributed by atoms with E-state index in [1.807, 2.05) is 0 Å². The summed E-state index contributed by atoms with van der Waals surface area (Å²) in [6, 6.07) is 6.86. The van der Waals surface area contributed by atoms with E-state index in [0.717, 1.165) is 6.07 Å². The van der Waals surface area contributed by atoms with Crippen LogP contribution in [-0.2, 0) is 0 Å². The summed E-state index contributed by atoms with van der Waals surface area (Å²) in [7, 11) is 0. The molecule has 1 aromatic heterocycles. The molecular weight excluding hydrogens is 234 g/mol. The van der Waals surface area contributed by atoms with Crippen molar-refractivity contribution in [2.75, 3.05) is 0 Å². The second-order valence-corrected chi connectivity index (χ2v) is 3.51. The van der Waals surface area contributed by atoms with Crippen LogP contribution in [0.4, 0.5) is 0 Å². The molecule has 0 fully saturated rings. The van der Waals surface area contributed by atoms with Crippen molar-refractivity contribution in [1.29, 1.82) is 10.5 Å². The van der Waals surface area contributed by atoms with E-state index >= 15 is 0 Å². The van der Waals surface area contributed by atoms with Gasteiger partial charge in [0.1, 0.15) is 17.9 Å². The minimum atomic E-state index is -0.908. The van der Waals surface area contributed by atoms with Crippen molar-refractivity contribution in [3.05, 3.63) is 49.9 Å². The van der Waals surface area contributed by atoms with Crippen molar-refractivity contribution < 1.29 is 5.11 Å². The van der Waals surface area contributed by atoms with Crippen LogP contribution < -0.4 is 11.0 Å². The molecule has 1 aromatic carbocycles. The van der Waals surface area contributed by atoms with E-state index in [2.05, 4.69) is 4.98 Å². The predicted octanol–water partition coefficient (Wildman–Crippen LogP) is 0.337. The summed E-state index contributed by atoms with van der Waals surface area (Å²) in [6.07, 6.45) is 0. The summed E-state index contributed by atoms with van der Waals surface area (Å²) in [5.74, 6) is -0.422. The first-order valence-electron chi connectivity index (χ1n) is 4.81. The number of benzene rings is 1. The fourth-order valence-electron chi connectivity index (χ4n) is 1.55. The smallest absolute Gasteiger partial charge is 0.296 e. The number of rotatable bonds is 0. The van der Waals surface area contributed by atoms with Gasteiger partial charge in [-0.3, -0.25) is 9.59 Å². The van der Waals surface area contributed by atoms with Gasteiger partial charge in [-0.2, -0.15) is 10.5 Å². The van der Waals surface area contributed by atoms with Gasteiger partial charge in [0.25, 0.3) is 5.56 Å². The first-order chi connectivity index (χ1) is 8.56. The lowest BCUT2D eigenvalue weighted by Gasteiger charge is -1.98. The van der Waals surface area contributed by atoms with Gasteiger partial charge in [0.15, 0.2) is 0 Å². The molecule has 0 aliphatic carbocycles. The molecule has 2 rings (SSSR count). The van der Waals surface area contributed by atoms with Crippen molar-refractivity contribution in [2.24, 2.45) is 0 Å². The number of nitrogens with zero attached hydrogens (tertiary/aromatic N) is 2. The maximum absolute atomic E-state index is 11.3. The Morgan fingerprint density at radius 2 is 1.67 bits per heavy atom. The number of nitrogens with one attached hydrogen (secondary N) is 1. The van der Waals surface area contributed by atoms with E-state index in [4.69, 9.17) is 10.5 Å². The van der Waals surface area contributed by atoms with E-state index in [-0.39, 0.29) is 22.0 Å². The molecule has 0 spiro atoms. The molecule has 0 aliphatic rings. The molecule has 18 heavy (non-hydrogen) atoms. The van der Waals surface area contributed by atoms with Gasteiger partial charge in [0.2, 0.25) is 5.43 Å². The molecule has 0 bridgehead atoms. The van der Waals surface area contributed by atoms with Crippen LogP contribution in [0, 0.1) is 22.7 Å². The van der Waals surface area contributed by atoms with Crippen molar-refractivity contribution >= 4 is 10.9 Å². The first kappa shape index (κ1) is 11.4. The number of aromatic nitrogens is 1. The molecule has 2 aromatic rings. The van der Waals surface area contributed by atoms with E-state index in [1.54, 1.807) is 12.1 Å².